The number of allylic oxidation sites excluding steroid dienone is 1. The molecule has 0 spiro atoms. The lowest BCUT2D eigenvalue weighted by molar-refractivity contribution is -0.0591. The van der Waals surface area contributed by atoms with Crippen LogP contribution in [0.25, 0.3) is 0 Å². The van der Waals surface area contributed by atoms with E-state index in [1.807, 2.05) is 0 Å². The van der Waals surface area contributed by atoms with Crippen molar-refractivity contribution in [2.24, 2.45) is 10.9 Å². The number of Topliss-reactive ketones (excluding diaryl/α,β-unsaturated/α-hetero) is 2. The molecule has 0 radical (unpaired) electrons. The van der Waals surface area contributed by atoms with Gasteiger partial charge in [-0.1, -0.05) is 30.3 Å². The third-order valence-electron chi connectivity index (χ3n) is 5.47. The van der Waals surface area contributed by atoms with E-state index in [0.717, 1.165) is 18.4 Å². The molecule has 13 heteroatoms. The first-order chi connectivity index (χ1) is 13.8. The SMILES string of the molecule is O=C1C2=C(C(=O)c3ccccc31)C(O)(S(=O)(=O)O)C(O)(S(=O)(=O)O)C1N=CC=CC21. The van der Waals surface area contributed by atoms with Crippen molar-refractivity contribution in [3.05, 3.63) is 58.7 Å². The standard InChI is InChI=1S/C17H13NO10S2/c19-13-8-4-1-2-5-9(8)14(20)12-11(13)10-6-3-7-18-15(10)17(22,30(26,27)28)16(12,21)29(23,24)25/h1-7,10,15,21-22H,(H,23,24,25)(H,26,27,28). The highest BCUT2D eigenvalue weighted by molar-refractivity contribution is 7.91. The van der Waals surface area contributed by atoms with Crippen molar-refractivity contribution in [2.45, 2.75) is 15.9 Å². The molecule has 0 saturated heterocycles. The van der Waals surface area contributed by atoms with Gasteiger partial charge in [-0.2, -0.15) is 16.8 Å². The third-order valence-corrected chi connectivity index (χ3v) is 8.19. The summed E-state index contributed by atoms with van der Waals surface area (Å²) in [7, 11) is -12.0. The normalized spacial score (nSPS) is 33.2. The van der Waals surface area contributed by atoms with E-state index in [4.69, 9.17) is 0 Å². The molecule has 0 aromatic heterocycles. The Hall–Kier alpha value is -2.55. The van der Waals surface area contributed by atoms with E-state index in [1.165, 1.54) is 24.3 Å². The number of hydrogen-bond donors (Lipinski definition) is 4. The van der Waals surface area contributed by atoms with Gasteiger partial charge in [0.05, 0.1) is 5.57 Å². The van der Waals surface area contributed by atoms with E-state index in [1.54, 1.807) is 0 Å². The molecule has 4 N–H and O–H groups in total. The van der Waals surface area contributed by atoms with Gasteiger partial charge in [0.15, 0.2) is 11.6 Å². The number of hydrogen-bond acceptors (Lipinski definition) is 9. The minimum absolute atomic E-state index is 0.155. The van der Waals surface area contributed by atoms with Crippen LogP contribution in [0.2, 0.25) is 0 Å². The summed E-state index contributed by atoms with van der Waals surface area (Å²) in [6.07, 6.45) is 3.34. The lowest BCUT2D eigenvalue weighted by Gasteiger charge is -2.50. The van der Waals surface area contributed by atoms with Crippen LogP contribution in [0.4, 0.5) is 0 Å². The summed E-state index contributed by atoms with van der Waals surface area (Å²) in [6, 6.07) is 2.96. The molecule has 3 aliphatic rings. The van der Waals surface area contributed by atoms with Crippen LogP contribution >= 0.6 is 0 Å². The highest BCUT2D eigenvalue weighted by Crippen LogP contribution is 2.54. The molecular formula is C17H13NO10S2. The Morgan fingerprint density at radius 1 is 0.900 bits per heavy atom. The highest BCUT2D eigenvalue weighted by Gasteiger charge is 2.77. The van der Waals surface area contributed by atoms with Crippen LogP contribution in [0.1, 0.15) is 20.7 Å². The van der Waals surface area contributed by atoms with E-state index in [2.05, 4.69) is 4.99 Å². The van der Waals surface area contributed by atoms with Crippen LogP contribution < -0.4 is 0 Å². The number of rotatable bonds is 2. The molecule has 1 aromatic carbocycles. The maximum atomic E-state index is 13.2. The predicted octanol–water partition coefficient (Wildman–Crippen LogP) is -0.846. The zero-order valence-electron chi connectivity index (χ0n) is 14.7. The summed E-state index contributed by atoms with van der Waals surface area (Å²) in [5.41, 5.74) is -2.57. The maximum absolute atomic E-state index is 13.2. The smallest absolute Gasteiger partial charge is 0.304 e. The quantitative estimate of drug-likeness (QED) is 0.408. The molecule has 1 aromatic rings. The monoisotopic (exact) mass is 455 g/mol. The number of aliphatic imine (C=N–C) groups is 1. The second-order valence-corrected chi connectivity index (χ2v) is 10.1. The summed E-state index contributed by atoms with van der Waals surface area (Å²) in [6.45, 7) is 0. The minimum Gasteiger partial charge on any atom is -0.367 e. The largest absolute Gasteiger partial charge is 0.367 e. The molecule has 11 nitrogen and oxygen atoms in total. The molecule has 0 bridgehead atoms. The van der Waals surface area contributed by atoms with Crippen molar-refractivity contribution < 1.29 is 45.7 Å². The van der Waals surface area contributed by atoms with Crippen molar-refractivity contribution >= 4 is 38.0 Å². The van der Waals surface area contributed by atoms with Gasteiger partial charge in [-0.15, -0.1) is 0 Å². The number of nitrogens with zero attached hydrogens (tertiary/aromatic N) is 1. The molecule has 1 heterocycles. The van der Waals surface area contributed by atoms with Crippen molar-refractivity contribution in [3.8, 4) is 0 Å². The van der Waals surface area contributed by atoms with Gasteiger partial charge in [0.25, 0.3) is 9.87 Å². The second-order valence-electron chi connectivity index (χ2n) is 6.94. The predicted molar refractivity (Wildman–Crippen MR) is 100 cm³/mol. The number of aliphatic hydroxyl groups is 2. The molecule has 30 heavy (non-hydrogen) atoms. The van der Waals surface area contributed by atoms with Gasteiger partial charge in [-0.05, 0) is 6.08 Å². The van der Waals surface area contributed by atoms with Crippen LogP contribution in [-0.4, -0.2) is 69.8 Å². The van der Waals surface area contributed by atoms with Crippen LogP contribution in [0.3, 0.4) is 0 Å². The highest BCUT2D eigenvalue weighted by atomic mass is 32.2. The van der Waals surface area contributed by atoms with Crippen molar-refractivity contribution in [1.29, 1.82) is 0 Å². The average Bonchev–Trinajstić information content (AvgIpc) is 2.67. The molecule has 4 atom stereocenters. The Labute approximate surface area is 169 Å². The lowest BCUT2D eigenvalue weighted by Crippen LogP contribution is -2.74. The third kappa shape index (κ3) is 2.24. The van der Waals surface area contributed by atoms with Crippen LogP contribution in [0, 0.1) is 5.92 Å². The Balaban J connectivity index is 2.23. The van der Waals surface area contributed by atoms with E-state index in [0.29, 0.717) is 0 Å². The molecule has 1 aliphatic heterocycles. The molecular weight excluding hydrogens is 442 g/mol. The van der Waals surface area contributed by atoms with E-state index >= 15 is 0 Å². The first-order valence-electron chi connectivity index (χ1n) is 8.30. The molecule has 4 rings (SSSR count). The fourth-order valence-electron chi connectivity index (χ4n) is 4.18. The maximum Gasteiger partial charge on any atom is 0.304 e. The summed E-state index contributed by atoms with van der Waals surface area (Å²) in [5.74, 6) is -3.76. The Bertz CT molecular complexity index is 1320. The molecule has 0 fully saturated rings. The van der Waals surface area contributed by atoms with Gasteiger partial charge >= 0.3 is 20.2 Å². The van der Waals surface area contributed by atoms with Crippen molar-refractivity contribution in [1.82, 2.24) is 0 Å². The minimum atomic E-state index is -6.06. The fraction of sp³-hybridized carbons (Fsp3) is 0.235. The summed E-state index contributed by atoms with van der Waals surface area (Å²) < 4.78 is 68.5. The van der Waals surface area contributed by atoms with Gasteiger partial charge < -0.3 is 10.2 Å². The summed E-state index contributed by atoms with van der Waals surface area (Å²) in [5, 5.41) is 22.0. The number of dihydropyridines is 1. The Kier molecular flexibility index (Phi) is 4.14. The molecule has 2 aliphatic carbocycles. The molecule has 0 amide bonds. The first kappa shape index (κ1) is 20.7. The number of ketones is 2. The van der Waals surface area contributed by atoms with Gasteiger partial charge in [0.1, 0.15) is 6.04 Å². The van der Waals surface area contributed by atoms with E-state index in [-0.39, 0.29) is 11.1 Å². The van der Waals surface area contributed by atoms with Gasteiger partial charge in [0, 0.05) is 28.8 Å². The fourth-order valence-corrected chi connectivity index (χ4v) is 6.73. The number of carbonyl (C=O) groups is 2. The van der Waals surface area contributed by atoms with Crippen molar-refractivity contribution in [3.63, 3.8) is 0 Å². The van der Waals surface area contributed by atoms with E-state index < -0.39 is 64.8 Å². The zero-order valence-corrected chi connectivity index (χ0v) is 16.3. The number of benzene rings is 1. The topological polar surface area (TPSA) is 196 Å². The van der Waals surface area contributed by atoms with Gasteiger partial charge in [-0.3, -0.25) is 23.7 Å². The lowest BCUT2D eigenvalue weighted by atomic mass is 9.67. The van der Waals surface area contributed by atoms with E-state index in [9.17, 15) is 45.7 Å². The number of carbonyl (C=O) groups excluding carboxylic acids is 2. The molecule has 0 saturated carbocycles. The van der Waals surface area contributed by atoms with Crippen LogP contribution in [0.15, 0.2) is 52.6 Å². The summed E-state index contributed by atoms with van der Waals surface area (Å²) in [4.78, 5) is 21.5. The zero-order chi connectivity index (χ0) is 22.3. The Morgan fingerprint density at radius 3 is 2.00 bits per heavy atom. The molecule has 4 unspecified atom stereocenters. The first-order valence-corrected chi connectivity index (χ1v) is 11.2. The number of fused-ring (bicyclic) bond motifs is 3. The summed E-state index contributed by atoms with van der Waals surface area (Å²) >= 11 is 0. The van der Waals surface area contributed by atoms with Gasteiger partial charge in [0.2, 0.25) is 0 Å². The molecule has 158 valence electrons. The van der Waals surface area contributed by atoms with Crippen LogP contribution in [-0.2, 0) is 20.2 Å². The Morgan fingerprint density at radius 2 is 1.47 bits per heavy atom. The van der Waals surface area contributed by atoms with Crippen LogP contribution in [0.5, 0.6) is 0 Å². The van der Waals surface area contributed by atoms with Crippen molar-refractivity contribution in [2.75, 3.05) is 0 Å². The van der Waals surface area contributed by atoms with Gasteiger partial charge in [-0.25, -0.2) is 0 Å². The average molecular weight is 455 g/mol. The second kappa shape index (κ2) is 6.00.